The van der Waals surface area contributed by atoms with Gasteiger partial charge in [0.05, 0.1) is 11.6 Å². The summed E-state index contributed by atoms with van der Waals surface area (Å²) in [6.45, 7) is 2.66. The third kappa shape index (κ3) is 3.36. The maximum absolute atomic E-state index is 12.6. The number of halogens is 3. The Bertz CT molecular complexity index is 535. The van der Waals surface area contributed by atoms with E-state index in [0.29, 0.717) is 6.54 Å². The molecular formula is C15H15F3N2. The summed E-state index contributed by atoms with van der Waals surface area (Å²) < 4.78 is 37.7. The molecule has 20 heavy (non-hydrogen) atoms. The maximum Gasteiger partial charge on any atom is 0.416 e. The Morgan fingerprint density at radius 1 is 1.10 bits per heavy atom. The lowest BCUT2D eigenvalue weighted by molar-refractivity contribution is -0.137. The zero-order chi connectivity index (χ0) is 14.6. The number of nitrogens with one attached hydrogen (secondary N) is 1. The van der Waals surface area contributed by atoms with Crippen molar-refractivity contribution in [1.29, 1.82) is 0 Å². The van der Waals surface area contributed by atoms with Crippen LogP contribution >= 0.6 is 0 Å². The maximum atomic E-state index is 12.6. The van der Waals surface area contributed by atoms with E-state index in [2.05, 4.69) is 10.3 Å². The number of hydrogen-bond donors (Lipinski definition) is 1. The van der Waals surface area contributed by atoms with Crippen molar-refractivity contribution < 1.29 is 13.2 Å². The van der Waals surface area contributed by atoms with E-state index in [-0.39, 0.29) is 6.04 Å². The minimum absolute atomic E-state index is 0.156. The number of benzene rings is 1. The van der Waals surface area contributed by atoms with Crippen LogP contribution in [0.3, 0.4) is 0 Å². The molecule has 2 rings (SSSR count). The highest BCUT2D eigenvalue weighted by Crippen LogP contribution is 2.30. The normalized spacial score (nSPS) is 13.2. The largest absolute Gasteiger partial charge is 0.416 e. The lowest BCUT2D eigenvalue weighted by Crippen LogP contribution is -2.22. The van der Waals surface area contributed by atoms with Gasteiger partial charge in [0, 0.05) is 12.4 Å². The van der Waals surface area contributed by atoms with Crippen LogP contribution in [0.2, 0.25) is 0 Å². The molecule has 2 aromatic rings. The second-order valence-electron chi connectivity index (χ2n) is 4.40. The smallest absolute Gasteiger partial charge is 0.306 e. The highest BCUT2D eigenvalue weighted by Gasteiger charge is 2.30. The molecule has 0 bridgehead atoms. The van der Waals surface area contributed by atoms with Crippen LogP contribution < -0.4 is 5.32 Å². The van der Waals surface area contributed by atoms with Crippen molar-refractivity contribution in [1.82, 2.24) is 10.3 Å². The van der Waals surface area contributed by atoms with Gasteiger partial charge in [-0.1, -0.05) is 25.1 Å². The quantitative estimate of drug-likeness (QED) is 0.921. The van der Waals surface area contributed by atoms with Crippen LogP contribution in [0, 0.1) is 0 Å². The van der Waals surface area contributed by atoms with Crippen molar-refractivity contribution in [2.75, 3.05) is 6.54 Å². The van der Waals surface area contributed by atoms with Gasteiger partial charge in [0.15, 0.2) is 0 Å². The minimum atomic E-state index is -4.31. The first-order valence-corrected chi connectivity index (χ1v) is 6.33. The van der Waals surface area contributed by atoms with Crippen molar-refractivity contribution in [3.8, 4) is 0 Å². The monoisotopic (exact) mass is 280 g/mol. The van der Waals surface area contributed by atoms with Gasteiger partial charge in [-0.3, -0.25) is 4.98 Å². The first kappa shape index (κ1) is 14.5. The van der Waals surface area contributed by atoms with Crippen molar-refractivity contribution in [2.24, 2.45) is 0 Å². The fourth-order valence-electron chi connectivity index (χ4n) is 2.04. The van der Waals surface area contributed by atoms with Gasteiger partial charge in [-0.25, -0.2) is 0 Å². The molecule has 0 radical (unpaired) electrons. The van der Waals surface area contributed by atoms with Gasteiger partial charge < -0.3 is 5.32 Å². The van der Waals surface area contributed by atoms with E-state index in [1.807, 2.05) is 19.1 Å². The highest BCUT2D eigenvalue weighted by atomic mass is 19.4. The average Bonchev–Trinajstić information content (AvgIpc) is 2.45. The van der Waals surface area contributed by atoms with Gasteiger partial charge in [0.25, 0.3) is 0 Å². The summed E-state index contributed by atoms with van der Waals surface area (Å²) in [5, 5.41) is 3.25. The van der Waals surface area contributed by atoms with Crippen molar-refractivity contribution in [3.05, 3.63) is 65.5 Å². The molecule has 0 spiro atoms. The Morgan fingerprint density at radius 3 is 2.30 bits per heavy atom. The molecule has 1 aromatic carbocycles. The fourth-order valence-corrected chi connectivity index (χ4v) is 2.04. The first-order valence-electron chi connectivity index (χ1n) is 6.33. The van der Waals surface area contributed by atoms with E-state index < -0.39 is 11.7 Å². The molecule has 1 heterocycles. The predicted molar refractivity (Wildman–Crippen MR) is 71.2 cm³/mol. The molecule has 106 valence electrons. The highest BCUT2D eigenvalue weighted by molar-refractivity contribution is 5.33. The SMILES string of the molecule is CCNC(c1ccc(C(F)(F)F)cc1)c1cccnc1. The average molecular weight is 280 g/mol. The number of hydrogen-bond acceptors (Lipinski definition) is 2. The Hall–Kier alpha value is -1.88. The van der Waals surface area contributed by atoms with Crippen LogP contribution in [0.1, 0.15) is 29.7 Å². The molecule has 0 aliphatic rings. The number of alkyl halides is 3. The van der Waals surface area contributed by atoms with Crippen LogP contribution in [-0.4, -0.2) is 11.5 Å². The second kappa shape index (κ2) is 6.05. The van der Waals surface area contributed by atoms with Crippen LogP contribution in [0.15, 0.2) is 48.8 Å². The Balaban J connectivity index is 2.31. The van der Waals surface area contributed by atoms with E-state index in [4.69, 9.17) is 0 Å². The van der Waals surface area contributed by atoms with Crippen molar-refractivity contribution >= 4 is 0 Å². The molecule has 0 amide bonds. The van der Waals surface area contributed by atoms with Crippen LogP contribution in [0.5, 0.6) is 0 Å². The van der Waals surface area contributed by atoms with Gasteiger partial charge in [-0.2, -0.15) is 13.2 Å². The van der Waals surface area contributed by atoms with Gasteiger partial charge in [-0.15, -0.1) is 0 Å². The molecule has 1 aromatic heterocycles. The molecule has 1 atom stereocenters. The van der Waals surface area contributed by atoms with Gasteiger partial charge in [0.1, 0.15) is 0 Å². The summed E-state index contributed by atoms with van der Waals surface area (Å²) >= 11 is 0. The molecule has 2 nitrogen and oxygen atoms in total. The molecule has 0 fully saturated rings. The minimum Gasteiger partial charge on any atom is -0.306 e. The van der Waals surface area contributed by atoms with Gasteiger partial charge >= 0.3 is 6.18 Å². The summed E-state index contributed by atoms with van der Waals surface area (Å²) in [6, 6.07) is 8.77. The zero-order valence-corrected chi connectivity index (χ0v) is 11.0. The standard InChI is InChI=1S/C15H15F3N2/c1-2-20-14(12-4-3-9-19-10-12)11-5-7-13(8-6-11)15(16,17)18/h3-10,14,20H,2H2,1H3. The third-order valence-corrected chi connectivity index (χ3v) is 3.00. The lowest BCUT2D eigenvalue weighted by Gasteiger charge is -2.19. The fraction of sp³-hybridized carbons (Fsp3) is 0.267. The molecule has 0 aliphatic carbocycles. The van der Waals surface area contributed by atoms with E-state index in [1.165, 1.54) is 12.1 Å². The van der Waals surface area contributed by atoms with Crippen LogP contribution in [0.25, 0.3) is 0 Å². The molecule has 1 N–H and O–H groups in total. The molecule has 1 unspecified atom stereocenters. The Labute approximate surface area is 115 Å². The Kier molecular flexibility index (Phi) is 4.39. The lowest BCUT2D eigenvalue weighted by atomic mass is 9.99. The van der Waals surface area contributed by atoms with E-state index >= 15 is 0 Å². The van der Waals surface area contributed by atoms with Gasteiger partial charge in [-0.05, 0) is 35.9 Å². The number of rotatable bonds is 4. The predicted octanol–water partition coefficient (Wildman–Crippen LogP) is 3.80. The van der Waals surface area contributed by atoms with Crippen molar-refractivity contribution in [3.63, 3.8) is 0 Å². The number of pyridine rings is 1. The number of aromatic nitrogens is 1. The Morgan fingerprint density at radius 2 is 1.80 bits per heavy atom. The van der Waals surface area contributed by atoms with Crippen molar-refractivity contribution in [2.45, 2.75) is 19.1 Å². The summed E-state index contributed by atoms with van der Waals surface area (Å²) in [5.74, 6) is 0. The molecule has 5 heteroatoms. The first-order chi connectivity index (χ1) is 9.52. The number of nitrogens with zero attached hydrogens (tertiary/aromatic N) is 1. The molecular weight excluding hydrogens is 265 g/mol. The molecule has 0 saturated heterocycles. The van der Waals surface area contributed by atoms with Gasteiger partial charge in [0.2, 0.25) is 0 Å². The van der Waals surface area contributed by atoms with Crippen LogP contribution in [-0.2, 0) is 6.18 Å². The van der Waals surface area contributed by atoms with E-state index in [1.54, 1.807) is 12.4 Å². The van der Waals surface area contributed by atoms with Crippen LogP contribution in [0.4, 0.5) is 13.2 Å². The molecule has 0 aliphatic heterocycles. The zero-order valence-electron chi connectivity index (χ0n) is 11.0. The third-order valence-electron chi connectivity index (χ3n) is 3.00. The summed E-state index contributed by atoms with van der Waals surface area (Å²) in [7, 11) is 0. The second-order valence-corrected chi connectivity index (χ2v) is 4.40. The topological polar surface area (TPSA) is 24.9 Å². The molecule has 0 saturated carbocycles. The van der Waals surface area contributed by atoms with E-state index in [0.717, 1.165) is 23.3 Å². The summed E-state index contributed by atoms with van der Waals surface area (Å²) in [6.07, 6.45) is -0.926. The summed E-state index contributed by atoms with van der Waals surface area (Å²) in [4.78, 5) is 4.05. The summed E-state index contributed by atoms with van der Waals surface area (Å²) in [5.41, 5.74) is 1.07. The van der Waals surface area contributed by atoms with E-state index in [9.17, 15) is 13.2 Å².